The van der Waals surface area contributed by atoms with Crippen LogP contribution in [0.2, 0.25) is 0 Å². The fraction of sp³-hybridized carbons (Fsp3) is 0.143. The zero-order chi connectivity index (χ0) is 5.98. The molecule has 1 aromatic carbocycles. The van der Waals surface area contributed by atoms with E-state index >= 15 is 0 Å². The van der Waals surface area contributed by atoms with Crippen molar-refractivity contribution in [2.75, 3.05) is 0 Å². The third-order valence-corrected chi connectivity index (χ3v) is 2.44. The van der Waals surface area contributed by atoms with Crippen LogP contribution in [-0.2, 0) is 0 Å². The van der Waals surface area contributed by atoms with Gasteiger partial charge in [0.15, 0.2) is 0 Å². The van der Waals surface area contributed by atoms with Crippen molar-refractivity contribution in [2.24, 2.45) is 0 Å². The minimum absolute atomic E-state index is 0.975. The molecule has 0 aliphatic heterocycles. The van der Waals surface area contributed by atoms with Crippen LogP contribution >= 0.6 is 0 Å². The molecule has 0 amide bonds. The summed E-state index contributed by atoms with van der Waals surface area (Å²) in [6.07, 6.45) is 0. The van der Waals surface area contributed by atoms with Gasteiger partial charge in [-0.25, -0.2) is 0 Å². The maximum atomic E-state index is 2.20. The van der Waals surface area contributed by atoms with Crippen molar-refractivity contribution in [1.82, 2.24) is 0 Å². The number of hydrogen-bond acceptors (Lipinski definition) is 0. The summed E-state index contributed by atoms with van der Waals surface area (Å²) in [6.45, 7) is 2.12. The van der Waals surface area contributed by atoms with Crippen LogP contribution in [0, 0.1) is 36.3 Å². The summed E-state index contributed by atoms with van der Waals surface area (Å²) in [4.78, 5) is 0. The Hall–Kier alpha value is 0.272. The Bertz CT molecular complexity index is 143. The Morgan fingerprint density at radius 3 is 2.00 bits per heavy atom. The molecule has 0 atom stereocenters. The summed E-state index contributed by atoms with van der Waals surface area (Å²) >= 11 is 0.975. The second-order valence-electron chi connectivity index (χ2n) is 1.87. The number of aryl methyl sites for hydroxylation is 1. The molecule has 1 rings (SSSR count). The second kappa shape index (κ2) is 2.71. The molecule has 0 bridgehead atoms. The first-order valence-corrected chi connectivity index (χ1v) is 4.65. The first-order chi connectivity index (χ1) is 3.79. The van der Waals surface area contributed by atoms with E-state index in [0.29, 0.717) is 0 Å². The average Bonchev–Trinajstić information content (AvgIpc) is 1.77. The fourth-order valence-electron chi connectivity index (χ4n) is 0.554. The summed E-state index contributed by atoms with van der Waals surface area (Å²) in [7, 11) is 0. The fourth-order valence-corrected chi connectivity index (χ4v) is 1.25. The van der Waals surface area contributed by atoms with Gasteiger partial charge in [-0.1, -0.05) is 0 Å². The monoisotopic (exact) mass is 329 g/mol. The minimum atomic E-state index is 0.975. The first kappa shape index (κ1) is 6.39. The maximum absolute atomic E-state index is 2.20. The van der Waals surface area contributed by atoms with Crippen LogP contribution in [-0.4, -0.2) is 0 Å². The van der Waals surface area contributed by atoms with E-state index in [9.17, 15) is 0 Å². The molecule has 0 fully saturated rings. The Morgan fingerprint density at radius 2 is 1.62 bits per heavy atom. The van der Waals surface area contributed by atoms with Crippen LogP contribution in [0.1, 0.15) is 5.56 Å². The van der Waals surface area contributed by atoms with E-state index in [0.717, 1.165) is 29.4 Å². The van der Waals surface area contributed by atoms with E-state index in [4.69, 9.17) is 0 Å². The molecule has 0 saturated heterocycles. The molecular formula is C7H7U. The molecule has 0 heterocycles. The molecule has 0 radical (unpaired) electrons. The van der Waals surface area contributed by atoms with Crippen LogP contribution in [0.25, 0.3) is 0 Å². The van der Waals surface area contributed by atoms with Gasteiger partial charge in [0.2, 0.25) is 0 Å². The molecule has 1 aromatic rings. The topological polar surface area (TPSA) is 0 Å². The van der Waals surface area contributed by atoms with Crippen LogP contribution in [0.3, 0.4) is 0 Å². The predicted molar refractivity (Wildman–Crippen MR) is 30.8 cm³/mol. The van der Waals surface area contributed by atoms with Crippen LogP contribution < -0.4 is 2.60 Å². The molecule has 39 valence electrons. The molecule has 0 spiro atoms. The van der Waals surface area contributed by atoms with E-state index in [-0.39, 0.29) is 0 Å². The van der Waals surface area contributed by atoms with Crippen molar-refractivity contribution in [2.45, 2.75) is 6.92 Å². The number of rotatable bonds is 0. The molecule has 0 saturated carbocycles. The van der Waals surface area contributed by atoms with E-state index in [1.807, 2.05) is 0 Å². The van der Waals surface area contributed by atoms with Gasteiger partial charge in [-0.15, -0.1) is 0 Å². The zero-order valence-corrected chi connectivity index (χ0v) is 8.97. The molecule has 8 heavy (non-hydrogen) atoms. The molecule has 0 aliphatic rings. The number of hydrogen-bond donors (Lipinski definition) is 0. The molecule has 0 N–H and O–H groups in total. The Kier molecular flexibility index (Phi) is 2.17. The van der Waals surface area contributed by atoms with Crippen molar-refractivity contribution in [3.05, 3.63) is 29.8 Å². The molecule has 0 nitrogen and oxygen atoms in total. The van der Waals surface area contributed by atoms with Gasteiger partial charge in [0.25, 0.3) is 0 Å². The Morgan fingerprint density at radius 1 is 1.12 bits per heavy atom. The van der Waals surface area contributed by atoms with Gasteiger partial charge >= 0.3 is 68.8 Å². The third kappa shape index (κ3) is 1.65. The third-order valence-electron chi connectivity index (χ3n) is 1.05. The van der Waals surface area contributed by atoms with E-state index < -0.39 is 0 Å². The summed E-state index contributed by atoms with van der Waals surface area (Å²) in [5, 5.41) is 0. The Labute approximate surface area is 68.5 Å². The van der Waals surface area contributed by atoms with Gasteiger partial charge in [-0.3, -0.25) is 0 Å². The SMILES string of the molecule is Cc1cc[c]([U])cc1. The summed E-state index contributed by atoms with van der Waals surface area (Å²) in [5.41, 5.74) is 1.36. The Balaban J connectivity index is 3.03. The van der Waals surface area contributed by atoms with Crippen LogP contribution in [0.15, 0.2) is 24.3 Å². The van der Waals surface area contributed by atoms with Crippen molar-refractivity contribution in [3.8, 4) is 0 Å². The van der Waals surface area contributed by atoms with E-state index in [1.165, 1.54) is 8.16 Å². The molecule has 0 aliphatic carbocycles. The van der Waals surface area contributed by atoms with Crippen molar-refractivity contribution in [1.29, 1.82) is 0 Å². The summed E-state index contributed by atoms with van der Waals surface area (Å²) < 4.78 is 1.50. The molecular weight excluding hydrogens is 322 g/mol. The van der Waals surface area contributed by atoms with Gasteiger partial charge in [-0.2, -0.15) is 0 Å². The van der Waals surface area contributed by atoms with Gasteiger partial charge in [0, 0.05) is 0 Å². The average molecular weight is 329 g/mol. The molecule has 0 unspecified atom stereocenters. The molecule has 0 aromatic heterocycles. The zero-order valence-electron chi connectivity index (χ0n) is 4.81. The summed E-state index contributed by atoms with van der Waals surface area (Å²) in [6, 6.07) is 8.72. The van der Waals surface area contributed by atoms with Crippen molar-refractivity contribution >= 4 is 2.60 Å². The van der Waals surface area contributed by atoms with Crippen LogP contribution in [0.5, 0.6) is 0 Å². The first-order valence-electron chi connectivity index (χ1n) is 2.57. The van der Waals surface area contributed by atoms with Gasteiger partial charge < -0.3 is 0 Å². The van der Waals surface area contributed by atoms with Gasteiger partial charge in [0.05, 0.1) is 0 Å². The van der Waals surface area contributed by atoms with Crippen LogP contribution in [0.4, 0.5) is 0 Å². The predicted octanol–water partition coefficient (Wildman–Crippen LogP) is 1.17. The summed E-state index contributed by atoms with van der Waals surface area (Å²) in [5.74, 6) is 0. The van der Waals surface area contributed by atoms with Gasteiger partial charge in [0.1, 0.15) is 0 Å². The van der Waals surface area contributed by atoms with Crippen molar-refractivity contribution < 1.29 is 29.4 Å². The number of benzene rings is 1. The second-order valence-corrected chi connectivity index (χ2v) is 4.27. The standard InChI is InChI=1S/C7H7.U/c1-7-5-3-2-4-6-7;/h3-6H,1H3;. The molecule has 1 heteroatoms. The quantitative estimate of drug-likeness (QED) is 0.670. The van der Waals surface area contributed by atoms with Crippen molar-refractivity contribution in [3.63, 3.8) is 0 Å². The van der Waals surface area contributed by atoms with Gasteiger partial charge in [-0.05, 0) is 0 Å². The van der Waals surface area contributed by atoms with E-state index in [2.05, 4.69) is 31.2 Å². The van der Waals surface area contributed by atoms with E-state index in [1.54, 1.807) is 0 Å². The normalized spacial score (nSPS) is 9.38.